The SMILES string of the molecule is O=N[O-].[H-].[K+].[Na+]. The van der Waals surface area contributed by atoms with Gasteiger partial charge in [0.05, 0.1) is 0 Å². The van der Waals surface area contributed by atoms with Gasteiger partial charge in [0, 0.05) is 0 Å². The van der Waals surface area contributed by atoms with Gasteiger partial charge in [-0.05, 0) is 0 Å². The van der Waals surface area contributed by atoms with Crippen LogP contribution in [0.25, 0.3) is 0 Å². The average Bonchev–Trinajstić information content (AvgIpc) is 0.918. The Morgan fingerprint density at radius 1 is 1.80 bits per heavy atom. The van der Waals surface area contributed by atoms with Crippen LogP contribution in [0.15, 0.2) is 5.34 Å². The Balaban J connectivity index is -0.00000000667. The maximum Gasteiger partial charge on any atom is 1.00 e. The van der Waals surface area contributed by atoms with Gasteiger partial charge in [-0.3, -0.25) is 0 Å². The van der Waals surface area contributed by atoms with E-state index in [2.05, 4.69) is 0 Å². The minimum Gasteiger partial charge on any atom is -1.00 e. The summed E-state index contributed by atoms with van der Waals surface area (Å²) in [5, 5.41) is 9.00. The molecule has 0 N–H and O–H groups in total. The van der Waals surface area contributed by atoms with Gasteiger partial charge in [-0.15, -0.1) is 5.34 Å². The molecule has 3 nitrogen and oxygen atoms in total. The van der Waals surface area contributed by atoms with Crippen molar-refractivity contribution in [2.75, 3.05) is 0 Å². The van der Waals surface area contributed by atoms with Crippen molar-refractivity contribution in [1.29, 1.82) is 0 Å². The summed E-state index contributed by atoms with van der Waals surface area (Å²) < 4.78 is 0. The van der Waals surface area contributed by atoms with Gasteiger partial charge in [-0.2, -0.15) is 0 Å². The molecule has 0 spiro atoms. The molecule has 0 aromatic carbocycles. The predicted octanol–water partition coefficient (Wildman–Crippen LogP) is -5.63. The second-order valence-corrected chi connectivity index (χ2v) is 0.0745. The van der Waals surface area contributed by atoms with Crippen LogP contribution in [0, 0.1) is 10.1 Å². The normalized spacial score (nSPS) is 2.40. The van der Waals surface area contributed by atoms with Crippen LogP contribution in [0.5, 0.6) is 0 Å². The van der Waals surface area contributed by atoms with Crippen LogP contribution in [0.2, 0.25) is 0 Å². The fraction of sp³-hybridized carbons (Fsp3) is 0. The van der Waals surface area contributed by atoms with E-state index in [-0.39, 0.29) is 82.4 Å². The Morgan fingerprint density at radius 2 is 1.80 bits per heavy atom. The molecule has 0 fully saturated rings. The largest absolute Gasteiger partial charge is 1.00 e. The minimum atomic E-state index is 0. The molecule has 0 saturated heterocycles. The standard InChI is InChI=1S/K.HNO2.Na.H/c;2-1-3;;/h;(H,2,3);;/q+1;;+1;-1/p-1. The Hall–Kier alpha value is 2.04. The van der Waals surface area contributed by atoms with Crippen LogP contribution in [-0.2, 0) is 0 Å². The van der Waals surface area contributed by atoms with Crippen LogP contribution in [0.3, 0.4) is 0 Å². The zero-order chi connectivity index (χ0) is 2.71. The molecule has 0 saturated carbocycles. The van der Waals surface area contributed by atoms with E-state index in [1.165, 1.54) is 0 Å². The predicted molar refractivity (Wildman–Crippen MR) is 10.3 cm³/mol. The molecule has 0 rings (SSSR count). The fourth-order valence-electron chi connectivity index (χ4n) is 0. The monoisotopic (exact) mass is 109 g/mol. The van der Waals surface area contributed by atoms with Crippen molar-refractivity contribution < 1.29 is 82.4 Å². The molecule has 0 bridgehead atoms. The molecule has 5 heteroatoms. The number of hydrogen-bond acceptors (Lipinski definition) is 3. The van der Waals surface area contributed by atoms with Gasteiger partial charge in [0.2, 0.25) is 0 Å². The summed E-state index contributed by atoms with van der Waals surface area (Å²) in [6, 6.07) is 0. The van der Waals surface area contributed by atoms with E-state index in [1.807, 2.05) is 0 Å². The van der Waals surface area contributed by atoms with Crippen molar-refractivity contribution >= 4 is 0 Å². The van der Waals surface area contributed by atoms with E-state index in [1.54, 1.807) is 0 Å². The summed E-state index contributed by atoms with van der Waals surface area (Å²) in [6.45, 7) is 0. The molecule has 5 heavy (non-hydrogen) atoms. The van der Waals surface area contributed by atoms with E-state index in [0.717, 1.165) is 5.34 Å². The second kappa shape index (κ2) is 16.6. The second-order valence-electron chi connectivity index (χ2n) is 0.0745. The minimum absolute atomic E-state index is 0. The molecule has 20 valence electrons. The van der Waals surface area contributed by atoms with Crippen LogP contribution in [0.1, 0.15) is 1.43 Å². The van der Waals surface area contributed by atoms with Crippen molar-refractivity contribution in [2.24, 2.45) is 5.34 Å². The third-order valence-electron chi connectivity index (χ3n) is 0. The van der Waals surface area contributed by atoms with Gasteiger partial charge in [-0.25, -0.2) is 0 Å². The fourth-order valence-corrected chi connectivity index (χ4v) is 0. The van der Waals surface area contributed by atoms with Crippen molar-refractivity contribution in [3.8, 4) is 0 Å². The van der Waals surface area contributed by atoms with E-state index in [9.17, 15) is 0 Å². The zero-order valence-corrected chi connectivity index (χ0v) is 8.39. The molecule has 0 atom stereocenters. The molecule has 0 unspecified atom stereocenters. The summed E-state index contributed by atoms with van der Waals surface area (Å²) in [5.74, 6) is 0. The molecule has 0 aliphatic rings. The molecule has 0 aromatic heterocycles. The first-order valence-corrected chi connectivity index (χ1v) is 0.365. The molecular weight excluding hydrogens is 108 g/mol. The van der Waals surface area contributed by atoms with Crippen LogP contribution < -0.4 is 80.9 Å². The first kappa shape index (κ1) is 15.7. The number of rotatable bonds is 0. The summed E-state index contributed by atoms with van der Waals surface area (Å²) >= 11 is 0. The Labute approximate surface area is 95.6 Å². The van der Waals surface area contributed by atoms with E-state index < -0.39 is 0 Å². The maximum absolute atomic E-state index is 8.00. The summed E-state index contributed by atoms with van der Waals surface area (Å²) in [7, 11) is 0. The molecule has 0 amide bonds. The Kier molecular flexibility index (Phi) is 52.3. The topological polar surface area (TPSA) is 52.5 Å². The molecule has 0 aliphatic carbocycles. The first-order chi connectivity index (χ1) is 1.41. The van der Waals surface area contributed by atoms with Crippen LogP contribution in [-0.4, -0.2) is 0 Å². The molecular formula is HKNNaO2. The average molecular weight is 109 g/mol. The third kappa shape index (κ3) is 23.7. The van der Waals surface area contributed by atoms with Crippen molar-refractivity contribution in [3.05, 3.63) is 10.1 Å². The van der Waals surface area contributed by atoms with Gasteiger partial charge < -0.3 is 11.5 Å². The van der Waals surface area contributed by atoms with Crippen LogP contribution in [0.4, 0.5) is 0 Å². The molecule has 0 heterocycles. The van der Waals surface area contributed by atoms with E-state index in [4.69, 9.17) is 10.1 Å². The third-order valence-corrected chi connectivity index (χ3v) is 0. The smallest absolute Gasteiger partial charge is 1.00 e. The van der Waals surface area contributed by atoms with Crippen molar-refractivity contribution in [1.82, 2.24) is 0 Å². The Morgan fingerprint density at radius 3 is 1.80 bits per heavy atom. The van der Waals surface area contributed by atoms with Gasteiger partial charge in [-0.1, -0.05) is 0 Å². The van der Waals surface area contributed by atoms with Gasteiger partial charge in [0.1, 0.15) is 0 Å². The quantitative estimate of drug-likeness (QED) is 0.177. The first-order valence-electron chi connectivity index (χ1n) is 0.365. The summed E-state index contributed by atoms with van der Waals surface area (Å²) in [4.78, 5) is 8.00. The van der Waals surface area contributed by atoms with Gasteiger partial charge in [0.25, 0.3) is 0 Å². The van der Waals surface area contributed by atoms with Crippen molar-refractivity contribution in [3.63, 3.8) is 0 Å². The number of hydrogen-bond donors (Lipinski definition) is 0. The zero-order valence-electron chi connectivity index (χ0n) is 4.26. The van der Waals surface area contributed by atoms with Gasteiger partial charge >= 0.3 is 80.9 Å². The van der Waals surface area contributed by atoms with Crippen molar-refractivity contribution in [2.45, 2.75) is 0 Å². The van der Waals surface area contributed by atoms with Gasteiger partial charge in [0.15, 0.2) is 0 Å². The summed E-state index contributed by atoms with van der Waals surface area (Å²) in [5.41, 5.74) is 0. The maximum atomic E-state index is 8.00. The van der Waals surface area contributed by atoms with E-state index >= 15 is 0 Å². The molecule has 0 aromatic rings. The molecule has 0 aliphatic heterocycles. The van der Waals surface area contributed by atoms with E-state index in [0.29, 0.717) is 0 Å². The van der Waals surface area contributed by atoms with Crippen LogP contribution >= 0.6 is 0 Å². The molecule has 0 radical (unpaired) electrons. The Bertz CT molecular complexity index is 21.0. The number of nitrogens with zero attached hydrogens (tertiary/aromatic N) is 1. The summed E-state index contributed by atoms with van der Waals surface area (Å²) in [6.07, 6.45) is 0.